The summed E-state index contributed by atoms with van der Waals surface area (Å²) in [6.45, 7) is 1.82. The van der Waals surface area contributed by atoms with Gasteiger partial charge in [0.2, 0.25) is 0 Å². The van der Waals surface area contributed by atoms with Crippen molar-refractivity contribution in [2.24, 2.45) is 0 Å². The highest BCUT2D eigenvalue weighted by atomic mass is 35.5. The Labute approximate surface area is 103 Å². The number of aryl methyl sites for hydroxylation is 1. The summed E-state index contributed by atoms with van der Waals surface area (Å²) in [6.07, 6.45) is 3.29. The van der Waals surface area contributed by atoms with E-state index in [4.69, 9.17) is 16.7 Å². The van der Waals surface area contributed by atoms with Crippen LogP contribution in [0, 0.1) is 6.92 Å². The number of nitrogens with zero attached hydrogens (tertiary/aromatic N) is 2. The minimum Gasteiger partial charge on any atom is -0.480 e. The van der Waals surface area contributed by atoms with Crippen LogP contribution in [0.4, 0.5) is 0 Å². The van der Waals surface area contributed by atoms with Gasteiger partial charge in [0.15, 0.2) is 0 Å². The summed E-state index contributed by atoms with van der Waals surface area (Å²) in [5.74, 6) is -0.921. The molecule has 0 fully saturated rings. The van der Waals surface area contributed by atoms with Crippen LogP contribution in [-0.4, -0.2) is 20.9 Å². The first-order chi connectivity index (χ1) is 8.06. The molecule has 1 aromatic carbocycles. The van der Waals surface area contributed by atoms with E-state index in [1.807, 2.05) is 25.1 Å². The van der Waals surface area contributed by atoms with E-state index in [2.05, 4.69) is 5.10 Å². The van der Waals surface area contributed by atoms with Crippen LogP contribution >= 0.6 is 11.6 Å². The Balaban J connectivity index is 2.36. The summed E-state index contributed by atoms with van der Waals surface area (Å²) in [5, 5.41) is 13.3. The Morgan fingerprint density at radius 1 is 1.53 bits per heavy atom. The van der Waals surface area contributed by atoms with E-state index in [-0.39, 0.29) is 6.54 Å². The number of benzene rings is 1. The monoisotopic (exact) mass is 250 g/mol. The van der Waals surface area contributed by atoms with Crippen molar-refractivity contribution in [2.75, 3.05) is 0 Å². The largest absolute Gasteiger partial charge is 0.480 e. The SMILES string of the molecule is Cc1ccc(Cl)c(-c2cnn(CC(=O)O)c2)c1. The third kappa shape index (κ3) is 2.65. The van der Waals surface area contributed by atoms with Gasteiger partial charge in [-0.05, 0) is 19.1 Å². The lowest BCUT2D eigenvalue weighted by atomic mass is 10.1. The molecule has 0 saturated heterocycles. The Morgan fingerprint density at radius 3 is 3.00 bits per heavy atom. The Morgan fingerprint density at radius 2 is 2.29 bits per heavy atom. The minimum atomic E-state index is -0.921. The molecule has 2 rings (SSSR count). The van der Waals surface area contributed by atoms with E-state index in [1.54, 1.807) is 12.4 Å². The number of hydrogen-bond donors (Lipinski definition) is 1. The van der Waals surface area contributed by atoms with Gasteiger partial charge < -0.3 is 5.11 Å². The molecule has 17 heavy (non-hydrogen) atoms. The maximum absolute atomic E-state index is 10.5. The smallest absolute Gasteiger partial charge is 0.325 e. The van der Waals surface area contributed by atoms with Gasteiger partial charge in [-0.15, -0.1) is 0 Å². The van der Waals surface area contributed by atoms with Gasteiger partial charge in [-0.3, -0.25) is 9.48 Å². The molecule has 0 aliphatic heterocycles. The number of hydrogen-bond acceptors (Lipinski definition) is 2. The van der Waals surface area contributed by atoms with Crippen LogP contribution in [0.5, 0.6) is 0 Å². The molecule has 0 atom stereocenters. The summed E-state index contributed by atoms with van der Waals surface area (Å²) in [4.78, 5) is 10.5. The number of halogens is 1. The molecule has 4 nitrogen and oxygen atoms in total. The number of carboxylic acid groups (broad SMARTS) is 1. The third-order valence-electron chi connectivity index (χ3n) is 2.36. The van der Waals surface area contributed by atoms with Crippen molar-refractivity contribution < 1.29 is 9.90 Å². The molecule has 1 N–H and O–H groups in total. The average molecular weight is 251 g/mol. The van der Waals surface area contributed by atoms with Crippen LogP contribution < -0.4 is 0 Å². The minimum absolute atomic E-state index is 0.149. The molecule has 0 aliphatic rings. The highest BCUT2D eigenvalue weighted by molar-refractivity contribution is 6.33. The molecular weight excluding hydrogens is 240 g/mol. The van der Waals surface area contributed by atoms with E-state index >= 15 is 0 Å². The zero-order valence-electron chi connectivity index (χ0n) is 9.22. The number of carboxylic acids is 1. The molecule has 0 unspecified atom stereocenters. The van der Waals surface area contributed by atoms with E-state index in [1.165, 1.54) is 4.68 Å². The van der Waals surface area contributed by atoms with Crippen molar-refractivity contribution in [1.82, 2.24) is 9.78 Å². The molecule has 1 aromatic heterocycles. The van der Waals surface area contributed by atoms with Crippen molar-refractivity contribution in [2.45, 2.75) is 13.5 Å². The summed E-state index contributed by atoms with van der Waals surface area (Å²) >= 11 is 6.09. The van der Waals surface area contributed by atoms with E-state index in [0.29, 0.717) is 5.02 Å². The van der Waals surface area contributed by atoms with E-state index < -0.39 is 5.97 Å². The first-order valence-corrected chi connectivity index (χ1v) is 5.45. The first kappa shape index (κ1) is 11.7. The van der Waals surface area contributed by atoms with Crippen molar-refractivity contribution in [3.05, 3.63) is 41.2 Å². The van der Waals surface area contributed by atoms with Crippen LogP contribution in [0.2, 0.25) is 5.02 Å². The van der Waals surface area contributed by atoms with Crippen molar-refractivity contribution in [1.29, 1.82) is 0 Å². The van der Waals surface area contributed by atoms with Gasteiger partial charge in [-0.1, -0.05) is 23.2 Å². The van der Waals surface area contributed by atoms with E-state index in [9.17, 15) is 4.79 Å². The summed E-state index contributed by atoms with van der Waals surface area (Å²) in [6, 6.07) is 5.69. The maximum atomic E-state index is 10.5. The Hall–Kier alpha value is -1.81. The molecule has 2 aromatic rings. The van der Waals surface area contributed by atoms with Crippen LogP contribution in [0.15, 0.2) is 30.6 Å². The van der Waals surface area contributed by atoms with Gasteiger partial charge in [0.05, 0.1) is 6.20 Å². The van der Waals surface area contributed by atoms with Gasteiger partial charge in [0.25, 0.3) is 0 Å². The number of rotatable bonds is 3. The number of aliphatic carboxylic acids is 1. The third-order valence-corrected chi connectivity index (χ3v) is 2.69. The lowest BCUT2D eigenvalue weighted by Crippen LogP contribution is -2.08. The topological polar surface area (TPSA) is 55.1 Å². The zero-order valence-corrected chi connectivity index (χ0v) is 9.98. The second-order valence-electron chi connectivity index (χ2n) is 3.80. The number of aromatic nitrogens is 2. The molecule has 0 spiro atoms. The molecule has 0 aliphatic carbocycles. The second kappa shape index (κ2) is 4.59. The number of carbonyl (C=O) groups is 1. The fourth-order valence-electron chi connectivity index (χ4n) is 1.59. The van der Waals surface area contributed by atoms with Gasteiger partial charge in [0.1, 0.15) is 6.54 Å². The second-order valence-corrected chi connectivity index (χ2v) is 4.21. The summed E-state index contributed by atoms with van der Waals surface area (Å²) in [7, 11) is 0. The normalized spacial score (nSPS) is 10.5. The van der Waals surface area contributed by atoms with Gasteiger partial charge in [0, 0.05) is 22.3 Å². The highest BCUT2D eigenvalue weighted by Gasteiger charge is 2.08. The Bertz CT molecular complexity index is 563. The summed E-state index contributed by atoms with van der Waals surface area (Å²) < 4.78 is 1.37. The lowest BCUT2D eigenvalue weighted by Gasteiger charge is -2.02. The van der Waals surface area contributed by atoms with Crippen molar-refractivity contribution in [3.63, 3.8) is 0 Å². The fourth-order valence-corrected chi connectivity index (χ4v) is 1.81. The molecule has 5 heteroatoms. The van der Waals surface area contributed by atoms with Gasteiger partial charge in [-0.2, -0.15) is 5.10 Å². The zero-order chi connectivity index (χ0) is 12.4. The lowest BCUT2D eigenvalue weighted by molar-refractivity contribution is -0.137. The molecule has 0 radical (unpaired) electrons. The predicted molar refractivity (Wildman–Crippen MR) is 65.0 cm³/mol. The first-order valence-electron chi connectivity index (χ1n) is 5.07. The predicted octanol–water partition coefficient (Wildman–Crippen LogP) is 2.60. The molecule has 88 valence electrons. The summed E-state index contributed by atoms with van der Waals surface area (Å²) in [5.41, 5.74) is 2.78. The molecular formula is C12H11ClN2O2. The van der Waals surface area contributed by atoms with Crippen LogP contribution in [0.1, 0.15) is 5.56 Å². The van der Waals surface area contributed by atoms with Crippen LogP contribution in [0.3, 0.4) is 0 Å². The molecule has 0 saturated carbocycles. The quantitative estimate of drug-likeness (QED) is 0.911. The van der Waals surface area contributed by atoms with Crippen molar-refractivity contribution in [3.8, 4) is 11.1 Å². The van der Waals surface area contributed by atoms with E-state index in [0.717, 1.165) is 16.7 Å². The van der Waals surface area contributed by atoms with Gasteiger partial charge in [-0.25, -0.2) is 0 Å². The maximum Gasteiger partial charge on any atom is 0.325 e. The Kier molecular flexibility index (Phi) is 3.15. The standard InChI is InChI=1S/C12H11ClN2O2/c1-8-2-3-11(13)10(4-8)9-5-14-15(6-9)7-12(16)17/h2-6H,7H2,1H3,(H,16,17). The molecule has 0 bridgehead atoms. The highest BCUT2D eigenvalue weighted by Crippen LogP contribution is 2.28. The fraction of sp³-hybridized carbons (Fsp3) is 0.167. The van der Waals surface area contributed by atoms with Crippen LogP contribution in [-0.2, 0) is 11.3 Å². The van der Waals surface area contributed by atoms with Crippen molar-refractivity contribution >= 4 is 17.6 Å². The van der Waals surface area contributed by atoms with Crippen LogP contribution in [0.25, 0.3) is 11.1 Å². The molecule has 0 amide bonds. The molecule has 1 heterocycles. The van der Waals surface area contributed by atoms with Gasteiger partial charge >= 0.3 is 5.97 Å². The average Bonchev–Trinajstić information content (AvgIpc) is 2.69.